The van der Waals surface area contributed by atoms with Crippen molar-refractivity contribution in [2.24, 2.45) is 0 Å². The van der Waals surface area contributed by atoms with Gasteiger partial charge in [0.15, 0.2) is 0 Å². The smallest absolute Gasteiger partial charge is 0.252 e. The van der Waals surface area contributed by atoms with Crippen molar-refractivity contribution in [3.05, 3.63) is 29.5 Å². The molecule has 2 nitrogen and oxygen atoms in total. The fourth-order valence-electron chi connectivity index (χ4n) is 2.48. The number of hydrogen-bond donors (Lipinski definition) is 1. The molecule has 0 spiro atoms. The minimum atomic E-state index is -2.58. The highest BCUT2D eigenvalue weighted by Gasteiger charge is 2.35. The van der Waals surface area contributed by atoms with E-state index in [0.717, 1.165) is 22.2 Å². The monoisotopic (exact) mass is 237 g/mol. The standard InChI is InChI=1S/C13H13F2NO/c1-17-8-2-3-11-9(6-8)10-7-13(14,15)5-4-12(10)16-11/h2-3,6,16H,4-5,7H2,1H3. The molecule has 1 aliphatic carbocycles. The normalized spacial score (nSPS) is 18.1. The summed E-state index contributed by atoms with van der Waals surface area (Å²) in [6, 6.07) is 5.54. The van der Waals surface area contributed by atoms with E-state index in [1.807, 2.05) is 18.2 Å². The van der Waals surface area contributed by atoms with E-state index < -0.39 is 5.92 Å². The Labute approximate surface area is 97.6 Å². The lowest BCUT2D eigenvalue weighted by molar-refractivity contribution is -0.0121. The van der Waals surface area contributed by atoms with Crippen LogP contribution in [0.2, 0.25) is 0 Å². The van der Waals surface area contributed by atoms with Gasteiger partial charge in [0.05, 0.1) is 7.11 Å². The van der Waals surface area contributed by atoms with Gasteiger partial charge >= 0.3 is 0 Å². The van der Waals surface area contributed by atoms with Crippen molar-refractivity contribution < 1.29 is 13.5 Å². The maximum atomic E-state index is 13.4. The number of aryl methyl sites for hydroxylation is 1. The molecule has 0 bridgehead atoms. The number of nitrogens with one attached hydrogen (secondary N) is 1. The highest BCUT2D eigenvalue weighted by atomic mass is 19.3. The molecule has 1 aromatic heterocycles. The lowest BCUT2D eigenvalue weighted by Crippen LogP contribution is -2.25. The minimum absolute atomic E-state index is 0.0655. The van der Waals surface area contributed by atoms with Crippen LogP contribution in [-0.2, 0) is 12.8 Å². The van der Waals surface area contributed by atoms with Crippen molar-refractivity contribution in [2.75, 3.05) is 7.11 Å². The van der Waals surface area contributed by atoms with Crippen LogP contribution in [-0.4, -0.2) is 18.0 Å². The Morgan fingerprint density at radius 2 is 2.18 bits per heavy atom. The molecule has 1 aromatic carbocycles. The van der Waals surface area contributed by atoms with E-state index >= 15 is 0 Å². The van der Waals surface area contributed by atoms with Gasteiger partial charge in [0, 0.05) is 29.4 Å². The molecule has 0 unspecified atom stereocenters. The Morgan fingerprint density at radius 1 is 1.35 bits per heavy atom. The second-order valence-corrected chi connectivity index (χ2v) is 4.53. The zero-order valence-electron chi connectivity index (χ0n) is 9.52. The molecule has 1 heterocycles. The lowest BCUT2D eigenvalue weighted by atomic mass is 9.92. The van der Waals surface area contributed by atoms with Crippen molar-refractivity contribution in [1.29, 1.82) is 0 Å². The number of aromatic nitrogens is 1. The van der Waals surface area contributed by atoms with Crippen LogP contribution in [0.3, 0.4) is 0 Å². The Hall–Kier alpha value is -1.58. The summed E-state index contributed by atoms with van der Waals surface area (Å²) in [5.41, 5.74) is 2.60. The van der Waals surface area contributed by atoms with E-state index in [1.54, 1.807) is 7.11 Å². The first kappa shape index (κ1) is 10.6. The molecule has 1 aliphatic rings. The minimum Gasteiger partial charge on any atom is -0.497 e. The van der Waals surface area contributed by atoms with E-state index in [4.69, 9.17) is 4.74 Å². The molecule has 0 saturated heterocycles. The summed E-state index contributed by atoms with van der Waals surface area (Å²) in [5.74, 6) is -1.88. The molecule has 0 atom stereocenters. The molecule has 0 aliphatic heterocycles. The molecular weight excluding hydrogens is 224 g/mol. The third-order valence-corrected chi connectivity index (χ3v) is 3.38. The van der Waals surface area contributed by atoms with Crippen molar-refractivity contribution in [3.63, 3.8) is 0 Å². The van der Waals surface area contributed by atoms with Crippen molar-refractivity contribution >= 4 is 10.9 Å². The summed E-state index contributed by atoms with van der Waals surface area (Å²) >= 11 is 0. The van der Waals surface area contributed by atoms with Gasteiger partial charge in [0.25, 0.3) is 5.92 Å². The molecule has 0 radical (unpaired) electrons. The molecule has 17 heavy (non-hydrogen) atoms. The molecule has 0 fully saturated rings. The number of H-pyrrole nitrogens is 1. The van der Waals surface area contributed by atoms with Crippen LogP contribution < -0.4 is 4.74 Å². The third-order valence-electron chi connectivity index (χ3n) is 3.38. The van der Waals surface area contributed by atoms with Crippen molar-refractivity contribution in [2.45, 2.75) is 25.2 Å². The number of hydrogen-bond acceptors (Lipinski definition) is 1. The molecule has 90 valence electrons. The molecule has 1 N–H and O–H groups in total. The summed E-state index contributed by atoms with van der Waals surface area (Å²) < 4.78 is 32.0. The largest absolute Gasteiger partial charge is 0.497 e. The van der Waals surface area contributed by atoms with Crippen LogP contribution in [0, 0.1) is 0 Å². The molecule has 2 aromatic rings. The zero-order valence-corrected chi connectivity index (χ0v) is 9.52. The molecule has 0 amide bonds. The first-order valence-electron chi connectivity index (χ1n) is 5.64. The van der Waals surface area contributed by atoms with E-state index in [-0.39, 0.29) is 12.8 Å². The van der Waals surface area contributed by atoms with E-state index in [1.165, 1.54) is 0 Å². The molecule has 4 heteroatoms. The van der Waals surface area contributed by atoms with Gasteiger partial charge in [-0.3, -0.25) is 0 Å². The number of halogens is 2. The predicted octanol–water partition coefficient (Wildman–Crippen LogP) is 3.30. The SMILES string of the molecule is COc1ccc2[nH]c3c(c2c1)CC(F)(F)CC3. The van der Waals surface area contributed by atoms with Gasteiger partial charge in [-0.1, -0.05) is 0 Å². The van der Waals surface area contributed by atoms with Gasteiger partial charge in [-0.05, 0) is 30.2 Å². The van der Waals surface area contributed by atoms with Crippen LogP contribution in [0.5, 0.6) is 5.75 Å². The maximum Gasteiger partial charge on any atom is 0.252 e. The summed E-state index contributed by atoms with van der Waals surface area (Å²) in [6.07, 6.45) is 0.179. The Morgan fingerprint density at radius 3 is 2.94 bits per heavy atom. The van der Waals surface area contributed by atoms with Crippen LogP contribution >= 0.6 is 0 Å². The second-order valence-electron chi connectivity index (χ2n) is 4.53. The highest BCUT2D eigenvalue weighted by molar-refractivity contribution is 5.86. The van der Waals surface area contributed by atoms with Crippen LogP contribution in [0.25, 0.3) is 10.9 Å². The summed E-state index contributed by atoms with van der Waals surface area (Å²) in [5, 5.41) is 0.860. The molecular formula is C13H13F2NO. The molecule has 3 rings (SSSR count). The average Bonchev–Trinajstić information content (AvgIpc) is 2.65. The summed E-state index contributed by atoms with van der Waals surface area (Å²) in [7, 11) is 1.58. The number of rotatable bonds is 1. The third kappa shape index (κ3) is 1.68. The predicted molar refractivity (Wildman–Crippen MR) is 61.8 cm³/mol. The van der Waals surface area contributed by atoms with Gasteiger partial charge in [-0.2, -0.15) is 0 Å². The van der Waals surface area contributed by atoms with Gasteiger partial charge in [-0.25, -0.2) is 8.78 Å². The second kappa shape index (κ2) is 3.45. The first-order valence-corrected chi connectivity index (χ1v) is 5.64. The Kier molecular flexibility index (Phi) is 2.15. The van der Waals surface area contributed by atoms with Gasteiger partial charge in [-0.15, -0.1) is 0 Å². The van der Waals surface area contributed by atoms with E-state index in [2.05, 4.69) is 4.98 Å². The number of benzene rings is 1. The van der Waals surface area contributed by atoms with E-state index in [9.17, 15) is 8.78 Å². The van der Waals surface area contributed by atoms with Crippen LogP contribution in [0.4, 0.5) is 8.78 Å². The summed E-state index contributed by atoms with van der Waals surface area (Å²) in [4.78, 5) is 3.22. The number of methoxy groups -OCH3 is 1. The fraction of sp³-hybridized carbons (Fsp3) is 0.385. The number of alkyl halides is 2. The van der Waals surface area contributed by atoms with Crippen LogP contribution in [0.1, 0.15) is 17.7 Å². The lowest BCUT2D eigenvalue weighted by Gasteiger charge is -2.21. The molecule has 0 saturated carbocycles. The first-order chi connectivity index (χ1) is 8.09. The Bertz CT molecular complexity index is 574. The quantitative estimate of drug-likeness (QED) is 0.808. The topological polar surface area (TPSA) is 25.0 Å². The Balaban J connectivity index is 2.19. The van der Waals surface area contributed by atoms with Gasteiger partial charge in [0.2, 0.25) is 0 Å². The van der Waals surface area contributed by atoms with Gasteiger partial charge < -0.3 is 9.72 Å². The highest BCUT2D eigenvalue weighted by Crippen LogP contribution is 2.37. The summed E-state index contributed by atoms with van der Waals surface area (Å²) in [6.45, 7) is 0. The van der Waals surface area contributed by atoms with Crippen molar-refractivity contribution in [1.82, 2.24) is 4.98 Å². The zero-order chi connectivity index (χ0) is 12.0. The maximum absolute atomic E-state index is 13.4. The number of aromatic amines is 1. The fourth-order valence-corrected chi connectivity index (χ4v) is 2.48. The van der Waals surface area contributed by atoms with Crippen LogP contribution in [0.15, 0.2) is 18.2 Å². The number of fused-ring (bicyclic) bond motifs is 3. The van der Waals surface area contributed by atoms with Crippen molar-refractivity contribution in [3.8, 4) is 5.75 Å². The van der Waals surface area contributed by atoms with Gasteiger partial charge in [0.1, 0.15) is 5.75 Å². The average molecular weight is 237 g/mol. The van der Waals surface area contributed by atoms with E-state index in [0.29, 0.717) is 12.2 Å². The number of ether oxygens (including phenoxy) is 1.